The number of hydrogen-bond acceptors (Lipinski definition) is 2. The number of hydrogen-bond donors (Lipinski definition) is 2. The van der Waals surface area contributed by atoms with E-state index in [0.29, 0.717) is 12.6 Å². The van der Waals surface area contributed by atoms with Gasteiger partial charge in [0.1, 0.15) is 11.6 Å². The molecule has 0 unspecified atom stereocenters. The number of anilines is 1. The second-order valence-electron chi connectivity index (χ2n) is 5.29. The van der Waals surface area contributed by atoms with E-state index >= 15 is 0 Å². The zero-order valence-electron chi connectivity index (χ0n) is 10.9. The molecule has 19 heavy (non-hydrogen) atoms. The van der Waals surface area contributed by atoms with Crippen LogP contribution in [0.15, 0.2) is 12.1 Å². The summed E-state index contributed by atoms with van der Waals surface area (Å²) in [6.45, 7) is 2.64. The smallest absolute Gasteiger partial charge is 0.254 e. The molecule has 3 nitrogen and oxygen atoms in total. The van der Waals surface area contributed by atoms with Crippen molar-refractivity contribution >= 4 is 11.6 Å². The van der Waals surface area contributed by atoms with E-state index in [4.69, 9.17) is 5.73 Å². The molecule has 1 aliphatic carbocycles. The fraction of sp³-hybridized carbons (Fsp3) is 0.500. The van der Waals surface area contributed by atoms with E-state index in [0.717, 1.165) is 31.7 Å². The fourth-order valence-corrected chi connectivity index (χ4v) is 2.33. The Morgan fingerprint density at radius 1 is 1.37 bits per heavy atom. The van der Waals surface area contributed by atoms with Crippen LogP contribution >= 0.6 is 0 Å². The molecule has 0 aromatic heterocycles. The van der Waals surface area contributed by atoms with Crippen molar-refractivity contribution in [2.75, 3.05) is 12.3 Å². The van der Waals surface area contributed by atoms with Crippen molar-refractivity contribution in [3.05, 3.63) is 29.3 Å². The first-order valence-electron chi connectivity index (χ1n) is 6.50. The Morgan fingerprint density at radius 3 is 2.63 bits per heavy atom. The van der Waals surface area contributed by atoms with Crippen LogP contribution in [-0.2, 0) is 0 Å². The Hall–Kier alpha value is -1.65. The number of nitrogens with two attached hydrogens (primary N) is 1. The van der Waals surface area contributed by atoms with Crippen molar-refractivity contribution in [3.8, 4) is 0 Å². The van der Waals surface area contributed by atoms with E-state index in [-0.39, 0.29) is 16.7 Å². The molecule has 1 saturated carbocycles. The summed E-state index contributed by atoms with van der Waals surface area (Å²) in [6, 6.07) is 1.68. The number of halogens is 2. The van der Waals surface area contributed by atoms with Crippen LogP contribution in [0.5, 0.6) is 0 Å². The second-order valence-corrected chi connectivity index (χ2v) is 5.29. The number of carbonyl (C=O) groups excluding carboxylic acids is 1. The predicted molar refractivity (Wildman–Crippen MR) is 69.7 cm³/mol. The van der Waals surface area contributed by atoms with Gasteiger partial charge in [0.15, 0.2) is 0 Å². The number of rotatable bonds is 5. The van der Waals surface area contributed by atoms with Crippen molar-refractivity contribution in [1.82, 2.24) is 5.32 Å². The average molecular weight is 268 g/mol. The van der Waals surface area contributed by atoms with Gasteiger partial charge in [0, 0.05) is 12.6 Å². The highest BCUT2D eigenvalue weighted by atomic mass is 19.1. The molecule has 1 aromatic carbocycles. The molecule has 104 valence electrons. The molecule has 5 heteroatoms. The lowest BCUT2D eigenvalue weighted by Gasteiger charge is -2.15. The van der Waals surface area contributed by atoms with Gasteiger partial charge in [0.05, 0.1) is 11.3 Å². The number of nitrogen functional groups attached to an aromatic ring is 1. The van der Waals surface area contributed by atoms with Crippen LogP contribution in [0.25, 0.3) is 0 Å². The molecule has 1 aliphatic rings. The molecule has 1 aromatic rings. The largest absolute Gasteiger partial charge is 0.396 e. The molecular formula is C14H18F2N2O. The molecule has 1 amide bonds. The van der Waals surface area contributed by atoms with Gasteiger partial charge < -0.3 is 11.1 Å². The third-order valence-electron chi connectivity index (χ3n) is 3.69. The van der Waals surface area contributed by atoms with Crippen molar-refractivity contribution in [3.63, 3.8) is 0 Å². The molecule has 0 spiro atoms. The summed E-state index contributed by atoms with van der Waals surface area (Å²) in [4.78, 5) is 11.9. The molecule has 0 aliphatic heterocycles. The van der Waals surface area contributed by atoms with Crippen molar-refractivity contribution in [2.24, 2.45) is 5.41 Å². The van der Waals surface area contributed by atoms with Crippen molar-refractivity contribution < 1.29 is 13.6 Å². The first kappa shape index (κ1) is 13.8. The summed E-state index contributed by atoms with van der Waals surface area (Å²) < 4.78 is 26.5. The quantitative estimate of drug-likeness (QED) is 0.807. The first-order chi connectivity index (χ1) is 8.97. The third kappa shape index (κ3) is 3.03. The molecule has 0 atom stereocenters. The van der Waals surface area contributed by atoms with Gasteiger partial charge in [0.25, 0.3) is 5.91 Å². The lowest BCUT2D eigenvalue weighted by molar-refractivity contribution is 0.0939. The Balaban J connectivity index is 2.02. The molecule has 0 heterocycles. The third-order valence-corrected chi connectivity index (χ3v) is 3.69. The van der Waals surface area contributed by atoms with E-state index in [2.05, 4.69) is 12.2 Å². The Bertz CT molecular complexity index is 498. The van der Waals surface area contributed by atoms with Crippen LogP contribution in [-0.4, -0.2) is 12.5 Å². The topological polar surface area (TPSA) is 55.1 Å². The van der Waals surface area contributed by atoms with Gasteiger partial charge in [-0.3, -0.25) is 4.79 Å². The number of carbonyl (C=O) groups is 1. The van der Waals surface area contributed by atoms with Gasteiger partial charge in [-0.2, -0.15) is 0 Å². The minimum absolute atomic E-state index is 0.187. The number of nitrogens with one attached hydrogen (secondary N) is 1. The zero-order valence-corrected chi connectivity index (χ0v) is 10.9. The lowest BCUT2D eigenvalue weighted by atomic mass is 10.0. The van der Waals surface area contributed by atoms with E-state index in [1.807, 2.05) is 0 Å². The molecule has 2 rings (SSSR count). The summed E-state index contributed by atoms with van der Waals surface area (Å²) in [5, 5.41) is 2.72. The number of benzene rings is 1. The first-order valence-corrected chi connectivity index (χ1v) is 6.50. The van der Waals surface area contributed by atoms with Crippen molar-refractivity contribution in [2.45, 2.75) is 32.6 Å². The highest BCUT2D eigenvalue weighted by Crippen LogP contribution is 2.48. The SMILES string of the molecule is CCCC1(CNC(=O)c2cc(N)c(F)cc2F)CC1. The maximum absolute atomic E-state index is 13.5. The van der Waals surface area contributed by atoms with Crippen LogP contribution in [0.1, 0.15) is 43.0 Å². The van der Waals surface area contributed by atoms with E-state index in [1.54, 1.807) is 0 Å². The molecule has 1 fully saturated rings. The Morgan fingerprint density at radius 2 is 2.05 bits per heavy atom. The Kier molecular flexibility index (Phi) is 3.73. The molecule has 0 bridgehead atoms. The van der Waals surface area contributed by atoms with E-state index in [9.17, 15) is 13.6 Å². The summed E-state index contributed by atoms with van der Waals surface area (Å²) in [5.74, 6) is -2.27. The Labute approximate surface area is 111 Å². The van der Waals surface area contributed by atoms with Crippen LogP contribution in [0.3, 0.4) is 0 Å². The van der Waals surface area contributed by atoms with Crippen LogP contribution in [0.2, 0.25) is 0 Å². The molecule has 3 N–H and O–H groups in total. The summed E-state index contributed by atoms with van der Waals surface area (Å²) in [5.41, 5.74) is 5.11. The fourth-order valence-electron chi connectivity index (χ4n) is 2.33. The highest BCUT2D eigenvalue weighted by Gasteiger charge is 2.41. The highest BCUT2D eigenvalue weighted by molar-refractivity contribution is 5.95. The summed E-state index contributed by atoms with van der Waals surface area (Å²) >= 11 is 0. The van der Waals surface area contributed by atoms with Crippen LogP contribution in [0.4, 0.5) is 14.5 Å². The molecular weight excluding hydrogens is 250 g/mol. The second kappa shape index (κ2) is 5.15. The maximum Gasteiger partial charge on any atom is 0.254 e. The standard InChI is InChI=1S/C14H18F2N2O/c1-2-3-14(4-5-14)8-18-13(19)9-6-12(17)11(16)7-10(9)15/h6-7H,2-5,8,17H2,1H3,(H,18,19). The van der Waals surface area contributed by atoms with Gasteiger partial charge in [0.2, 0.25) is 0 Å². The average Bonchev–Trinajstić information content (AvgIpc) is 3.12. The van der Waals surface area contributed by atoms with Crippen LogP contribution in [0, 0.1) is 17.0 Å². The number of amides is 1. The maximum atomic E-state index is 13.5. The minimum atomic E-state index is -0.885. The van der Waals surface area contributed by atoms with E-state index in [1.165, 1.54) is 0 Å². The lowest BCUT2D eigenvalue weighted by Crippen LogP contribution is -2.31. The molecule has 0 saturated heterocycles. The van der Waals surface area contributed by atoms with Crippen molar-refractivity contribution in [1.29, 1.82) is 0 Å². The summed E-state index contributed by atoms with van der Waals surface area (Å²) in [6.07, 6.45) is 4.30. The normalized spacial score (nSPS) is 16.2. The van der Waals surface area contributed by atoms with E-state index < -0.39 is 17.5 Å². The van der Waals surface area contributed by atoms with Gasteiger partial charge in [-0.25, -0.2) is 8.78 Å². The van der Waals surface area contributed by atoms with Gasteiger partial charge in [-0.05, 0) is 30.7 Å². The van der Waals surface area contributed by atoms with Crippen LogP contribution < -0.4 is 11.1 Å². The van der Waals surface area contributed by atoms with Gasteiger partial charge in [-0.15, -0.1) is 0 Å². The minimum Gasteiger partial charge on any atom is -0.396 e. The predicted octanol–water partition coefficient (Wildman–Crippen LogP) is 2.86. The molecule has 0 radical (unpaired) electrons. The summed E-state index contributed by atoms with van der Waals surface area (Å²) in [7, 11) is 0. The monoisotopic (exact) mass is 268 g/mol. The zero-order chi connectivity index (χ0) is 14.0. The van der Waals surface area contributed by atoms with Gasteiger partial charge >= 0.3 is 0 Å². The van der Waals surface area contributed by atoms with Gasteiger partial charge in [-0.1, -0.05) is 13.3 Å².